The van der Waals surface area contributed by atoms with Crippen molar-refractivity contribution in [2.75, 3.05) is 18.9 Å². The average molecular weight is 377 g/mol. The van der Waals surface area contributed by atoms with E-state index in [4.69, 9.17) is 9.47 Å². The van der Waals surface area contributed by atoms with E-state index in [9.17, 15) is 21.6 Å². The van der Waals surface area contributed by atoms with Gasteiger partial charge >= 0.3 is 6.36 Å². The van der Waals surface area contributed by atoms with Crippen molar-refractivity contribution in [3.8, 4) is 17.2 Å². The molecule has 0 saturated carbocycles. The Hall–Kier alpha value is -2.62. The number of benzene rings is 2. The van der Waals surface area contributed by atoms with Gasteiger partial charge in [0.25, 0.3) is 10.0 Å². The molecule has 0 spiro atoms. The number of alkyl halides is 3. The van der Waals surface area contributed by atoms with Gasteiger partial charge in [-0.1, -0.05) is 6.07 Å². The van der Waals surface area contributed by atoms with Crippen LogP contribution in [0.3, 0.4) is 0 Å². The maximum Gasteiger partial charge on any atom is 0.573 e. The molecule has 0 aliphatic rings. The van der Waals surface area contributed by atoms with Crippen LogP contribution in [0.15, 0.2) is 47.4 Å². The summed E-state index contributed by atoms with van der Waals surface area (Å²) in [6.45, 7) is 0. The van der Waals surface area contributed by atoms with Gasteiger partial charge in [-0.05, 0) is 24.3 Å². The van der Waals surface area contributed by atoms with Gasteiger partial charge < -0.3 is 14.2 Å². The summed E-state index contributed by atoms with van der Waals surface area (Å²) in [5.41, 5.74) is -0.0865. The predicted molar refractivity (Wildman–Crippen MR) is 83.5 cm³/mol. The molecule has 0 radical (unpaired) electrons. The third kappa shape index (κ3) is 4.92. The highest BCUT2D eigenvalue weighted by Crippen LogP contribution is 2.31. The molecule has 0 saturated heterocycles. The largest absolute Gasteiger partial charge is 0.573 e. The molecule has 0 amide bonds. The summed E-state index contributed by atoms with van der Waals surface area (Å²) in [5.74, 6) is -0.0124. The van der Waals surface area contributed by atoms with Crippen molar-refractivity contribution in [3.05, 3.63) is 42.5 Å². The molecule has 2 rings (SSSR count). The highest BCUT2D eigenvalue weighted by atomic mass is 32.2. The van der Waals surface area contributed by atoms with Crippen molar-refractivity contribution in [2.45, 2.75) is 11.3 Å². The van der Waals surface area contributed by atoms with E-state index < -0.39 is 22.1 Å². The molecule has 136 valence electrons. The van der Waals surface area contributed by atoms with Crippen LogP contribution < -0.4 is 18.9 Å². The van der Waals surface area contributed by atoms with E-state index in [2.05, 4.69) is 9.46 Å². The zero-order chi connectivity index (χ0) is 18.7. The molecular formula is C15H14F3NO5S. The SMILES string of the molecule is COc1ccc(S(=O)(=O)Nc2cccc(OC(F)(F)F)c2)cc1OC. The number of hydrogen-bond acceptors (Lipinski definition) is 5. The standard InChI is InChI=1S/C15H14F3NO5S/c1-22-13-7-6-12(9-14(13)23-2)25(20,21)19-10-4-3-5-11(8-10)24-15(16,17)18/h3-9,19H,1-2H3. The Morgan fingerprint density at radius 2 is 1.64 bits per heavy atom. The predicted octanol–water partition coefficient (Wildman–Crippen LogP) is 3.40. The first kappa shape index (κ1) is 18.7. The van der Waals surface area contributed by atoms with Crippen molar-refractivity contribution in [2.24, 2.45) is 0 Å². The van der Waals surface area contributed by atoms with Gasteiger partial charge in [-0.15, -0.1) is 13.2 Å². The second kappa shape index (κ2) is 7.09. The molecule has 0 heterocycles. The van der Waals surface area contributed by atoms with Crippen LogP contribution in [0.2, 0.25) is 0 Å². The van der Waals surface area contributed by atoms with Crippen molar-refractivity contribution in [1.82, 2.24) is 0 Å². The monoisotopic (exact) mass is 377 g/mol. The van der Waals surface area contributed by atoms with Crippen LogP contribution in [0.1, 0.15) is 0 Å². The van der Waals surface area contributed by atoms with Crippen LogP contribution in [0.25, 0.3) is 0 Å². The lowest BCUT2D eigenvalue weighted by molar-refractivity contribution is -0.274. The van der Waals surface area contributed by atoms with Crippen molar-refractivity contribution < 1.29 is 35.8 Å². The van der Waals surface area contributed by atoms with Gasteiger partial charge in [0, 0.05) is 12.1 Å². The molecule has 0 aliphatic heterocycles. The molecule has 0 fully saturated rings. The highest BCUT2D eigenvalue weighted by molar-refractivity contribution is 7.92. The zero-order valence-corrected chi connectivity index (χ0v) is 13.9. The Morgan fingerprint density at radius 1 is 0.960 bits per heavy atom. The summed E-state index contributed by atoms with van der Waals surface area (Å²) in [5, 5.41) is 0. The van der Waals surface area contributed by atoms with Gasteiger partial charge in [0.1, 0.15) is 5.75 Å². The van der Waals surface area contributed by atoms with E-state index in [1.165, 1.54) is 44.6 Å². The third-order valence-electron chi connectivity index (χ3n) is 2.99. The van der Waals surface area contributed by atoms with Gasteiger partial charge in [-0.2, -0.15) is 0 Å². The molecule has 25 heavy (non-hydrogen) atoms. The quantitative estimate of drug-likeness (QED) is 0.835. The van der Waals surface area contributed by atoms with E-state index in [0.29, 0.717) is 5.75 Å². The number of ether oxygens (including phenoxy) is 3. The fourth-order valence-corrected chi connectivity index (χ4v) is 3.02. The summed E-state index contributed by atoms with van der Waals surface area (Å²) < 4.78 is 77.5. The maximum absolute atomic E-state index is 12.4. The number of rotatable bonds is 6. The minimum Gasteiger partial charge on any atom is -0.493 e. The molecule has 1 N–H and O–H groups in total. The van der Waals surface area contributed by atoms with Gasteiger partial charge in [-0.25, -0.2) is 8.42 Å². The topological polar surface area (TPSA) is 73.9 Å². The molecule has 2 aromatic rings. The maximum atomic E-state index is 12.4. The van der Waals surface area contributed by atoms with E-state index in [1.807, 2.05) is 0 Å². The molecule has 0 aromatic heterocycles. The summed E-state index contributed by atoms with van der Waals surface area (Å²) in [7, 11) is -1.31. The molecule has 6 nitrogen and oxygen atoms in total. The Labute approximate surface area is 142 Å². The molecule has 0 atom stereocenters. The normalized spacial score (nSPS) is 11.7. The Morgan fingerprint density at radius 3 is 2.24 bits per heavy atom. The number of halogens is 3. The van der Waals surface area contributed by atoms with Crippen molar-refractivity contribution >= 4 is 15.7 Å². The van der Waals surface area contributed by atoms with E-state index in [1.54, 1.807) is 0 Å². The first-order valence-corrected chi connectivity index (χ1v) is 8.23. The lowest BCUT2D eigenvalue weighted by Crippen LogP contribution is -2.17. The van der Waals surface area contributed by atoms with Crippen molar-refractivity contribution in [1.29, 1.82) is 0 Å². The summed E-state index contributed by atoms with van der Waals surface area (Å²) in [6.07, 6.45) is -4.87. The second-order valence-corrected chi connectivity index (χ2v) is 6.38. The Kier molecular flexibility index (Phi) is 5.31. The molecule has 0 aliphatic carbocycles. The molecular weight excluding hydrogens is 363 g/mol. The van der Waals surface area contributed by atoms with Crippen LogP contribution in [0, 0.1) is 0 Å². The lowest BCUT2D eigenvalue weighted by Gasteiger charge is -2.13. The van der Waals surface area contributed by atoms with E-state index in [-0.39, 0.29) is 16.3 Å². The second-order valence-electron chi connectivity index (χ2n) is 4.70. The Bertz CT molecular complexity index is 852. The van der Waals surface area contributed by atoms with Crippen LogP contribution >= 0.6 is 0 Å². The molecule has 2 aromatic carbocycles. The van der Waals surface area contributed by atoms with E-state index >= 15 is 0 Å². The molecule has 0 unspecified atom stereocenters. The minimum absolute atomic E-state index is 0.0865. The molecule has 0 bridgehead atoms. The first-order chi connectivity index (χ1) is 11.6. The lowest BCUT2D eigenvalue weighted by atomic mass is 10.3. The zero-order valence-electron chi connectivity index (χ0n) is 13.1. The van der Waals surface area contributed by atoms with Crippen LogP contribution in [0.4, 0.5) is 18.9 Å². The number of anilines is 1. The summed E-state index contributed by atoms with van der Waals surface area (Å²) in [4.78, 5) is -0.146. The minimum atomic E-state index is -4.87. The molecule has 10 heteroatoms. The van der Waals surface area contributed by atoms with Crippen LogP contribution in [-0.4, -0.2) is 29.0 Å². The van der Waals surface area contributed by atoms with Gasteiger partial charge in [0.05, 0.1) is 24.8 Å². The fraction of sp³-hybridized carbons (Fsp3) is 0.200. The Balaban J connectivity index is 2.28. The van der Waals surface area contributed by atoms with Gasteiger partial charge in [0.15, 0.2) is 11.5 Å². The van der Waals surface area contributed by atoms with Crippen molar-refractivity contribution in [3.63, 3.8) is 0 Å². The number of nitrogens with one attached hydrogen (secondary N) is 1. The number of methoxy groups -OCH3 is 2. The number of sulfonamides is 1. The average Bonchev–Trinajstić information content (AvgIpc) is 2.52. The van der Waals surface area contributed by atoms with Crippen LogP contribution in [0.5, 0.6) is 17.2 Å². The summed E-state index contributed by atoms with van der Waals surface area (Å²) >= 11 is 0. The first-order valence-electron chi connectivity index (χ1n) is 6.75. The number of hydrogen-bond donors (Lipinski definition) is 1. The highest BCUT2D eigenvalue weighted by Gasteiger charge is 2.31. The third-order valence-corrected chi connectivity index (χ3v) is 4.36. The fourth-order valence-electron chi connectivity index (χ4n) is 1.95. The van der Waals surface area contributed by atoms with Gasteiger partial charge in [0.2, 0.25) is 0 Å². The van der Waals surface area contributed by atoms with Gasteiger partial charge in [-0.3, -0.25) is 4.72 Å². The smallest absolute Gasteiger partial charge is 0.493 e. The van der Waals surface area contributed by atoms with Crippen LogP contribution in [-0.2, 0) is 10.0 Å². The summed E-state index contributed by atoms with van der Waals surface area (Å²) in [6, 6.07) is 8.41. The van der Waals surface area contributed by atoms with E-state index in [0.717, 1.165) is 12.1 Å².